The zero-order valence-electron chi connectivity index (χ0n) is 14.9. The lowest BCUT2D eigenvalue weighted by Gasteiger charge is -2.25. The third kappa shape index (κ3) is 5.41. The van der Waals surface area contributed by atoms with Gasteiger partial charge in [0.2, 0.25) is 11.8 Å². The van der Waals surface area contributed by atoms with Gasteiger partial charge in [-0.05, 0) is 59.9 Å². The number of hydrogen-bond acceptors (Lipinski definition) is 4. The first-order chi connectivity index (χ1) is 12.6. The number of benzene rings is 1. The molecule has 0 aliphatic carbocycles. The van der Waals surface area contributed by atoms with E-state index in [2.05, 4.69) is 5.32 Å². The second kappa shape index (κ2) is 8.96. The molecule has 1 aliphatic rings. The van der Waals surface area contributed by atoms with Crippen LogP contribution < -0.4 is 5.32 Å². The molecule has 5 nitrogen and oxygen atoms in total. The van der Waals surface area contributed by atoms with E-state index in [1.807, 2.05) is 48.0 Å². The van der Waals surface area contributed by atoms with Crippen LogP contribution in [0.25, 0.3) is 0 Å². The topological polar surface area (TPSA) is 58.6 Å². The van der Waals surface area contributed by atoms with Crippen molar-refractivity contribution >= 4 is 28.8 Å². The third-order valence-corrected chi connectivity index (χ3v) is 5.10. The van der Waals surface area contributed by atoms with Gasteiger partial charge in [0, 0.05) is 25.4 Å². The van der Waals surface area contributed by atoms with Crippen LogP contribution in [0.5, 0.6) is 0 Å². The van der Waals surface area contributed by atoms with Crippen molar-refractivity contribution in [3.8, 4) is 0 Å². The first-order valence-corrected chi connectivity index (χ1v) is 9.81. The summed E-state index contributed by atoms with van der Waals surface area (Å²) in [5.41, 5.74) is 2.86. The number of nitrogens with zero attached hydrogens (tertiary/aromatic N) is 1. The van der Waals surface area contributed by atoms with E-state index in [1.54, 1.807) is 16.2 Å². The van der Waals surface area contributed by atoms with Crippen LogP contribution in [0, 0.1) is 6.92 Å². The van der Waals surface area contributed by atoms with Crippen LogP contribution in [0.1, 0.15) is 30.4 Å². The van der Waals surface area contributed by atoms with Gasteiger partial charge in [-0.1, -0.05) is 12.1 Å². The molecule has 1 atom stereocenters. The minimum atomic E-state index is -0.289. The summed E-state index contributed by atoms with van der Waals surface area (Å²) in [6.07, 6.45) is 1.89. The number of carbonyl (C=O) groups excluding carboxylic acids is 2. The van der Waals surface area contributed by atoms with Gasteiger partial charge in [-0.3, -0.25) is 9.59 Å². The maximum atomic E-state index is 12.7. The number of thiophene rings is 1. The zero-order chi connectivity index (χ0) is 18.4. The Balaban J connectivity index is 1.60. The number of rotatable bonds is 7. The van der Waals surface area contributed by atoms with Crippen LogP contribution in [0.3, 0.4) is 0 Å². The maximum absolute atomic E-state index is 12.7. The Hall–Kier alpha value is -2.18. The normalized spacial score (nSPS) is 16.4. The van der Waals surface area contributed by atoms with E-state index in [1.165, 1.54) is 0 Å². The highest BCUT2D eigenvalue weighted by Crippen LogP contribution is 2.17. The summed E-state index contributed by atoms with van der Waals surface area (Å²) < 4.78 is 5.67. The van der Waals surface area contributed by atoms with Gasteiger partial charge in [-0.2, -0.15) is 11.3 Å². The van der Waals surface area contributed by atoms with Crippen LogP contribution in [0.2, 0.25) is 0 Å². The van der Waals surface area contributed by atoms with Crippen molar-refractivity contribution in [2.75, 3.05) is 18.5 Å². The molecule has 1 aromatic heterocycles. The number of hydrogen-bond donors (Lipinski definition) is 1. The fraction of sp³-hybridized carbons (Fsp3) is 0.400. The van der Waals surface area contributed by atoms with E-state index >= 15 is 0 Å². The maximum Gasteiger partial charge on any atom is 0.233 e. The predicted molar refractivity (Wildman–Crippen MR) is 103 cm³/mol. The van der Waals surface area contributed by atoms with Gasteiger partial charge in [-0.15, -0.1) is 0 Å². The number of nitrogens with one attached hydrogen (secondary N) is 1. The lowest BCUT2D eigenvalue weighted by atomic mass is 10.2. The predicted octanol–water partition coefficient (Wildman–Crippen LogP) is 3.59. The largest absolute Gasteiger partial charge is 0.376 e. The second-order valence-corrected chi connectivity index (χ2v) is 7.42. The highest BCUT2D eigenvalue weighted by molar-refractivity contribution is 7.07. The van der Waals surface area contributed by atoms with Crippen LogP contribution in [0.15, 0.2) is 41.1 Å². The summed E-state index contributed by atoms with van der Waals surface area (Å²) in [6.45, 7) is 3.76. The average Bonchev–Trinajstić information content (AvgIpc) is 3.28. The molecule has 0 radical (unpaired) electrons. The molecular formula is C20H24N2O3S. The van der Waals surface area contributed by atoms with Gasteiger partial charge >= 0.3 is 0 Å². The van der Waals surface area contributed by atoms with Crippen molar-refractivity contribution in [1.82, 2.24) is 4.90 Å². The van der Waals surface area contributed by atoms with Crippen molar-refractivity contribution < 1.29 is 14.3 Å². The summed E-state index contributed by atoms with van der Waals surface area (Å²) in [6, 6.07) is 9.56. The summed E-state index contributed by atoms with van der Waals surface area (Å²) in [7, 11) is 0. The monoisotopic (exact) mass is 372 g/mol. The SMILES string of the molecule is Cc1cccc(NC(=O)CC(=O)N(Cc2ccsc2)C[C@@H]2CCCO2)c1. The number of amides is 2. The van der Waals surface area contributed by atoms with Crippen molar-refractivity contribution in [2.45, 2.75) is 38.8 Å². The van der Waals surface area contributed by atoms with Gasteiger partial charge in [-0.25, -0.2) is 0 Å². The first-order valence-electron chi connectivity index (χ1n) is 8.87. The van der Waals surface area contributed by atoms with E-state index in [-0.39, 0.29) is 24.3 Å². The summed E-state index contributed by atoms with van der Waals surface area (Å²) in [5.74, 6) is -0.458. The molecule has 1 saturated heterocycles. The third-order valence-electron chi connectivity index (χ3n) is 4.37. The quantitative estimate of drug-likeness (QED) is 0.756. The van der Waals surface area contributed by atoms with Crippen molar-refractivity contribution in [2.24, 2.45) is 0 Å². The second-order valence-electron chi connectivity index (χ2n) is 6.64. The van der Waals surface area contributed by atoms with Gasteiger partial charge in [0.05, 0.1) is 6.10 Å². The molecule has 0 bridgehead atoms. The lowest BCUT2D eigenvalue weighted by Crippen LogP contribution is -2.38. The standard InChI is InChI=1S/C20H24N2O3S/c1-15-4-2-5-17(10-15)21-19(23)11-20(24)22(12-16-7-9-26-14-16)13-18-6-3-8-25-18/h2,4-5,7,9-10,14,18H,3,6,8,11-13H2,1H3,(H,21,23)/t18-/m0/s1. The molecule has 0 unspecified atom stereocenters. The van der Waals surface area contributed by atoms with E-state index in [9.17, 15) is 9.59 Å². The Morgan fingerprint density at radius 1 is 1.35 bits per heavy atom. The van der Waals surface area contributed by atoms with Crippen molar-refractivity contribution in [3.05, 3.63) is 52.2 Å². The molecule has 1 N–H and O–H groups in total. The smallest absolute Gasteiger partial charge is 0.233 e. The fourth-order valence-corrected chi connectivity index (χ4v) is 3.73. The van der Waals surface area contributed by atoms with Crippen LogP contribution >= 0.6 is 11.3 Å². The van der Waals surface area contributed by atoms with Gasteiger partial charge in [0.25, 0.3) is 0 Å². The van der Waals surface area contributed by atoms with Gasteiger partial charge < -0.3 is 15.0 Å². The van der Waals surface area contributed by atoms with Crippen molar-refractivity contribution in [3.63, 3.8) is 0 Å². The van der Waals surface area contributed by atoms with E-state index < -0.39 is 0 Å². The highest BCUT2D eigenvalue weighted by Gasteiger charge is 2.24. The number of carbonyl (C=O) groups is 2. The molecule has 2 aromatic rings. The molecule has 1 fully saturated rings. The highest BCUT2D eigenvalue weighted by atomic mass is 32.1. The summed E-state index contributed by atoms with van der Waals surface area (Å²) in [5, 5.41) is 6.83. The number of ether oxygens (including phenoxy) is 1. The van der Waals surface area contributed by atoms with E-state index in [0.717, 1.165) is 30.6 Å². The number of anilines is 1. The Morgan fingerprint density at radius 3 is 2.92 bits per heavy atom. The van der Waals surface area contributed by atoms with Crippen LogP contribution in [-0.4, -0.2) is 36.0 Å². The summed E-state index contributed by atoms with van der Waals surface area (Å²) >= 11 is 1.60. The Kier molecular flexibility index (Phi) is 6.41. The Labute approximate surface area is 158 Å². The Morgan fingerprint density at radius 2 is 2.23 bits per heavy atom. The molecule has 0 saturated carbocycles. The summed E-state index contributed by atoms with van der Waals surface area (Å²) in [4.78, 5) is 26.8. The first kappa shape index (κ1) is 18.6. The molecule has 138 valence electrons. The minimum absolute atomic E-state index is 0.0671. The average molecular weight is 372 g/mol. The molecule has 1 aromatic carbocycles. The molecule has 26 heavy (non-hydrogen) atoms. The van der Waals surface area contributed by atoms with Gasteiger partial charge in [0.1, 0.15) is 6.42 Å². The zero-order valence-corrected chi connectivity index (χ0v) is 15.8. The molecular weight excluding hydrogens is 348 g/mol. The van der Waals surface area contributed by atoms with E-state index in [4.69, 9.17) is 4.74 Å². The number of aryl methyl sites for hydroxylation is 1. The molecule has 6 heteroatoms. The minimum Gasteiger partial charge on any atom is -0.376 e. The van der Waals surface area contributed by atoms with Crippen molar-refractivity contribution in [1.29, 1.82) is 0 Å². The molecule has 3 rings (SSSR count). The Bertz CT molecular complexity index is 739. The fourth-order valence-electron chi connectivity index (χ4n) is 3.07. The van der Waals surface area contributed by atoms with Gasteiger partial charge in [0.15, 0.2) is 0 Å². The van der Waals surface area contributed by atoms with Crippen LogP contribution in [-0.2, 0) is 20.9 Å². The molecule has 1 aliphatic heterocycles. The van der Waals surface area contributed by atoms with Crippen LogP contribution in [0.4, 0.5) is 5.69 Å². The van der Waals surface area contributed by atoms with E-state index in [0.29, 0.717) is 18.8 Å². The molecule has 0 spiro atoms. The molecule has 2 amide bonds. The lowest BCUT2D eigenvalue weighted by molar-refractivity contribution is -0.136. The molecule has 2 heterocycles.